The zero-order chi connectivity index (χ0) is 7.44. The monoisotopic (exact) mass is 125 g/mol. The highest BCUT2D eigenvalue weighted by molar-refractivity contribution is 5.95. The van der Waals surface area contributed by atoms with Crippen molar-refractivity contribution >= 4 is 5.71 Å². The van der Waals surface area contributed by atoms with Gasteiger partial charge in [0.15, 0.2) is 0 Å². The number of hydrogen-bond acceptors (Lipinski definition) is 1. The SMILES string of the molecule is CCC(C)=C(C)C(C)=N. The molecule has 9 heavy (non-hydrogen) atoms. The maximum Gasteiger partial charge on any atom is 0.0311 e. The molecule has 0 aromatic carbocycles. The summed E-state index contributed by atoms with van der Waals surface area (Å²) in [6.45, 7) is 8.02. The number of nitrogens with one attached hydrogen (secondary N) is 1. The first-order valence-corrected chi connectivity index (χ1v) is 3.31. The molecule has 0 radical (unpaired) electrons. The van der Waals surface area contributed by atoms with E-state index in [1.54, 1.807) is 0 Å². The van der Waals surface area contributed by atoms with Gasteiger partial charge in [-0.05, 0) is 32.8 Å². The lowest BCUT2D eigenvalue weighted by atomic mass is 10.1. The summed E-state index contributed by atoms with van der Waals surface area (Å²) >= 11 is 0. The second-order valence-electron chi connectivity index (χ2n) is 2.38. The third kappa shape index (κ3) is 2.45. The molecule has 0 saturated heterocycles. The van der Waals surface area contributed by atoms with Crippen LogP contribution in [0.2, 0.25) is 0 Å². The molecule has 0 unspecified atom stereocenters. The second kappa shape index (κ2) is 3.44. The maximum atomic E-state index is 7.28. The molecule has 0 bridgehead atoms. The molecule has 0 spiro atoms. The standard InChI is InChI=1S/C8H15N/c1-5-6(2)7(3)8(4)9/h9H,5H2,1-4H3. The first-order chi connectivity index (χ1) is 4.09. The first-order valence-electron chi connectivity index (χ1n) is 3.31. The number of allylic oxidation sites excluding steroid dienone is 2. The van der Waals surface area contributed by atoms with Gasteiger partial charge < -0.3 is 5.41 Å². The van der Waals surface area contributed by atoms with Crippen molar-refractivity contribution in [3.8, 4) is 0 Å². The lowest BCUT2D eigenvalue weighted by Gasteiger charge is -2.01. The maximum absolute atomic E-state index is 7.28. The van der Waals surface area contributed by atoms with Gasteiger partial charge in [0.2, 0.25) is 0 Å². The molecule has 0 fully saturated rings. The Labute approximate surface area is 57.3 Å². The van der Waals surface area contributed by atoms with E-state index < -0.39 is 0 Å². The summed E-state index contributed by atoms with van der Waals surface area (Å²) in [5.41, 5.74) is 3.15. The average molecular weight is 125 g/mol. The first kappa shape index (κ1) is 8.41. The van der Waals surface area contributed by atoms with E-state index >= 15 is 0 Å². The Morgan fingerprint density at radius 3 is 1.78 bits per heavy atom. The number of rotatable bonds is 2. The molecule has 1 nitrogen and oxygen atoms in total. The molecule has 0 aromatic heterocycles. The molecule has 0 heterocycles. The quantitative estimate of drug-likeness (QED) is 0.549. The minimum Gasteiger partial charge on any atom is -0.305 e. The van der Waals surface area contributed by atoms with Crippen LogP contribution in [0, 0.1) is 5.41 Å². The zero-order valence-corrected chi connectivity index (χ0v) is 6.71. The van der Waals surface area contributed by atoms with Crippen LogP contribution in [0.1, 0.15) is 34.1 Å². The summed E-state index contributed by atoms with van der Waals surface area (Å²) < 4.78 is 0. The van der Waals surface area contributed by atoms with Gasteiger partial charge >= 0.3 is 0 Å². The van der Waals surface area contributed by atoms with Crippen LogP contribution in [-0.2, 0) is 0 Å². The molecule has 0 rings (SSSR count). The minimum absolute atomic E-state index is 0.689. The fourth-order valence-corrected chi connectivity index (χ4v) is 0.585. The van der Waals surface area contributed by atoms with Crippen LogP contribution in [0.4, 0.5) is 0 Å². The zero-order valence-electron chi connectivity index (χ0n) is 6.71. The molecule has 0 aliphatic heterocycles. The third-order valence-electron chi connectivity index (χ3n) is 1.73. The molecule has 0 aliphatic rings. The van der Waals surface area contributed by atoms with E-state index in [1.165, 1.54) is 5.57 Å². The highest BCUT2D eigenvalue weighted by Gasteiger charge is 1.94. The summed E-state index contributed by atoms with van der Waals surface area (Å²) in [6.07, 6.45) is 1.06. The molecule has 1 heteroatoms. The Bertz CT molecular complexity index is 143. The van der Waals surface area contributed by atoms with E-state index in [1.807, 2.05) is 13.8 Å². The van der Waals surface area contributed by atoms with E-state index in [2.05, 4.69) is 13.8 Å². The number of hydrogen-bond donors (Lipinski definition) is 1. The van der Waals surface area contributed by atoms with Crippen LogP contribution >= 0.6 is 0 Å². The highest BCUT2D eigenvalue weighted by atomic mass is 14.4. The van der Waals surface area contributed by atoms with Crippen molar-refractivity contribution in [1.82, 2.24) is 0 Å². The third-order valence-corrected chi connectivity index (χ3v) is 1.73. The van der Waals surface area contributed by atoms with Crippen molar-refractivity contribution in [1.29, 1.82) is 5.41 Å². The molecule has 0 aliphatic carbocycles. The van der Waals surface area contributed by atoms with Crippen molar-refractivity contribution in [3.63, 3.8) is 0 Å². The van der Waals surface area contributed by atoms with Crippen LogP contribution in [0.3, 0.4) is 0 Å². The lowest BCUT2D eigenvalue weighted by molar-refractivity contribution is 1.07. The molecule has 0 aromatic rings. The van der Waals surface area contributed by atoms with Crippen LogP contribution in [-0.4, -0.2) is 5.71 Å². The van der Waals surface area contributed by atoms with Gasteiger partial charge in [-0.3, -0.25) is 0 Å². The molecule has 0 saturated carbocycles. The molecular formula is C8H15N. The molecular weight excluding hydrogens is 110 g/mol. The second-order valence-corrected chi connectivity index (χ2v) is 2.38. The largest absolute Gasteiger partial charge is 0.305 e. The Kier molecular flexibility index (Phi) is 3.21. The summed E-state index contributed by atoms with van der Waals surface area (Å²) in [4.78, 5) is 0. The lowest BCUT2D eigenvalue weighted by Crippen LogP contribution is -1.93. The fourth-order valence-electron chi connectivity index (χ4n) is 0.585. The summed E-state index contributed by atoms with van der Waals surface area (Å²) in [6, 6.07) is 0. The summed E-state index contributed by atoms with van der Waals surface area (Å²) in [5, 5.41) is 7.28. The van der Waals surface area contributed by atoms with Gasteiger partial charge in [-0.2, -0.15) is 0 Å². The fraction of sp³-hybridized carbons (Fsp3) is 0.625. The Balaban J connectivity index is 4.28. The van der Waals surface area contributed by atoms with Gasteiger partial charge in [0.1, 0.15) is 0 Å². The van der Waals surface area contributed by atoms with Crippen molar-refractivity contribution in [2.24, 2.45) is 0 Å². The van der Waals surface area contributed by atoms with Crippen LogP contribution in [0.25, 0.3) is 0 Å². The summed E-state index contributed by atoms with van der Waals surface area (Å²) in [7, 11) is 0. The van der Waals surface area contributed by atoms with E-state index in [-0.39, 0.29) is 0 Å². The molecule has 52 valence electrons. The van der Waals surface area contributed by atoms with E-state index in [0.29, 0.717) is 5.71 Å². The highest BCUT2D eigenvalue weighted by Crippen LogP contribution is 2.07. The van der Waals surface area contributed by atoms with Crippen molar-refractivity contribution in [2.75, 3.05) is 0 Å². The van der Waals surface area contributed by atoms with E-state index in [4.69, 9.17) is 5.41 Å². The van der Waals surface area contributed by atoms with Gasteiger partial charge in [0.25, 0.3) is 0 Å². The molecule has 0 atom stereocenters. The Morgan fingerprint density at radius 1 is 1.22 bits per heavy atom. The Hall–Kier alpha value is -0.590. The van der Waals surface area contributed by atoms with Gasteiger partial charge in [0.05, 0.1) is 0 Å². The summed E-state index contributed by atoms with van der Waals surface area (Å²) in [5.74, 6) is 0. The molecule has 1 N–H and O–H groups in total. The van der Waals surface area contributed by atoms with E-state index in [9.17, 15) is 0 Å². The van der Waals surface area contributed by atoms with E-state index in [0.717, 1.165) is 12.0 Å². The van der Waals surface area contributed by atoms with Crippen molar-refractivity contribution in [3.05, 3.63) is 11.1 Å². The van der Waals surface area contributed by atoms with Crippen molar-refractivity contribution < 1.29 is 0 Å². The van der Waals surface area contributed by atoms with Gasteiger partial charge in [-0.15, -0.1) is 0 Å². The minimum atomic E-state index is 0.689. The predicted molar refractivity (Wildman–Crippen MR) is 42.1 cm³/mol. The average Bonchev–Trinajstić information content (AvgIpc) is 1.84. The Morgan fingerprint density at radius 2 is 1.67 bits per heavy atom. The predicted octanol–water partition coefficient (Wildman–Crippen LogP) is 2.77. The van der Waals surface area contributed by atoms with Crippen LogP contribution in [0.15, 0.2) is 11.1 Å². The van der Waals surface area contributed by atoms with Crippen molar-refractivity contribution in [2.45, 2.75) is 34.1 Å². The topological polar surface area (TPSA) is 23.9 Å². The molecule has 0 amide bonds. The van der Waals surface area contributed by atoms with Gasteiger partial charge in [-0.1, -0.05) is 12.5 Å². The van der Waals surface area contributed by atoms with Gasteiger partial charge in [-0.25, -0.2) is 0 Å². The van der Waals surface area contributed by atoms with Crippen LogP contribution < -0.4 is 0 Å². The van der Waals surface area contributed by atoms with Gasteiger partial charge in [0, 0.05) is 5.71 Å². The smallest absolute Gasteiger partial charge is 0.0311 e. The van der Waals surface area contributed by atoms with Crippen LogP contribution in [0.5, 0.6) is 0 Å². The normalized spacial score (nSPS) is 12.9.